The van der Waals surface area contributed by atoms with Gasteiger partial charge < -0.3 is 9.84 Å². The number of hydrogen-bond acceptors (Lipinski definition) is 5. The summed E-state index contributed by atoms with van der Waals surface area (Å²) in [4.78, 5) is 12.3. The van der Waals surface area contributed by atoms with E-state index in [0.29, 0.717) is 5.76 Å². The Morgan fingerprint density at radius 1 is 1.00 bits per heavy atom. The van der Waals surface area contributed by atoms with Crippen LogP contribution in [0.25, 0.3) is 11.3 Å². The molecule has 3 rings (SSSR count). The molecule has 6 nitrogen and oxygen atoms in total. The molecule has 0 spiro atoms. The van der Waals surface area contributed by atoms with Gasteiger partial charge in [-0.2, -0.15) is 0 Å². The number of amides is 1. The summed E-state index contributed by atoms with van der Waals surface area (Å²) in [7, 11) is -3.43. The highest BCUT2D eigenvalue weighted by Gasteiger charge is 2.16. The summed E-state index contributed by atoms with van der Waals surface area (Å²) in [6, 6.07) is 18.9. The van der Waals surface area contributed by atoms with E-state index in [-0.39, 0.29) is 22.9 Å². The van der Waals surface area contributed by atoms with Crippen molar-refractivity contribution in [3.8, 4) is 11.3 Å². The molecule has 0 radical (unpaired) electrons. The molecule has 7 heteroatoms. The molecule has 0 bridgehead atoms. The topological polar surface area (TPSA) is 89.3 Å². The van der Waals surface area contributed by atoms with Crippen LogP contribution >= 0.6 is 0 Å². The molecule has 1 N–H and O–H groups in total. The second-order valence-electron chi connectivity index (χ2n) is 5.33. The van der Waals surface area contributed by atoms with E-state index in [1.807, 2.05) is 30.3 Å². The summed E-state index contributed by atoms with van der Waals surface area (Å²) < 4.78 is 29.5. The number of benzene rings is 2. The van der Waals surface area contributed by atoms with Crippen LogP contribution in [-0.4, -0.2) is 31.8 Å². The van der Waals surface area contributed by atoms with Crippen LogP contribution in [0.5, 0.6) is 0 Å². The predicted octanol–water partition coefficient (Wildman–Crippen LogP) is 2.55. The van der Waals surface area contributed by atoms with E-state index in [9.17, 15) is 13.2 Å². The first-order valence-electron chi connectivity index (χ1n) is 7.64. The second-order valence-corrected chi connectivity index (χ2v) is 7.44. The molecule has 1 amide bonds. The summed E-state index contributed by atoms with van der Waals surface area (Å²) in [5, 5.41) is 6.28. The third-order valence-corrected chi connectivity index (χ3v) is 5.29. The zero-order chi connectivity index (χ0) is 17.7. The Morgan fingerprint density at radius 3 is 2.32 bits per heavy atom. The number of carbonyl (C=O) groups is 1. The molecule has 0 unspecified atom stereocenters. The minimum Gasteiger partial charge on any atom is -0.355 e. The van der Waals surface area contributed by atoms with E-state index in [0.717, 1.165) is 5.56 Å². The molecule has 0 aliphatic heterocycles. The minimum absolute atomic E-state index is 0.0103. The summed E-state index contributed by atoms with van der Waals surface area (Å²) >= 11 is 0. The first kappa shape index (κ1) is 16.9. The Bertz CT molecular complexity index is 951. The smallest absolute Gasteiger partial charge is 0.273 e. The van der Waals surface area contributed by atoms with Gasteiger partial charge >= 0.3 is 0 Å². The Kier molecular flexibility index (Phi) is 4.95. The molecule has 0 fully saturated rings. The van der Waals surface area contributed by atoms with E-state index in [4.69, 9.17) is 4.52 Å². The van der Waals surface area contributed by atoms with Crippen LogP contribution in [0.4, 0.5) is 0 Å². The Labute approximate surface area is 145 Å². The molecule has 0 aliphatic carbocycles. The average molecular weight is 356 g/mol. The predicted molar refractivity (Wildman–Crippen MR) is 92.8 cm³/mol. The standard InChI is InChI=1S/C18H16N2O4S/c21-18(16-13-17(24-20-16)14-7-3-1-4-8-14)19-11-12-25(22,23)15-9-5-2-6-10-15/h1-10,13H,11-12H2,(H,19,21). The van der Waals surface area contributed by atoms with Crippen molar-refractivity contribution < 1.29 is 17.7 Å². The molecule has 3 aromatic rings. The number of nitrogens with one attached hydrogen (secondary N) is 1. The number of rotatable bonds is 6. The Balaban J connectivity index is 1.59. The van der Waals surface area contributed by atoms with Crippen LogP contribution in [0.3, 0.4) is 0 Å². The molecule has 25 heavy (non-hydrogen) atoms. The monoisotopic (exact) mass is 356 g/mol. The van der Waals surface area contributed by atoms with Gasteiger partial charge in [0.15, 0.2) is 21.3 Å². The minimum atomic E-state index is -3.43. The van der Waals surface area contributed by atoms with Gasteiger partial charge in [-0.05, 0) is 12.1 Å². The fraction of sp³-hybridized carbons (Fsp3) is 0.111. The Hall–Kier alpha value is -2.93. The van der Waals surface area contributed by atoms with Crippen molar-refractivity contribution in [2.45, 2.75) is 4.90 Å². The van der Waals surface area contributed by atoms with Crippen molar-refractivity contribution in [2.24, 2.45) is 0 Å². The van der Waals surface area contributed by atoms with Gasteiger partial charge in [-0.3, -0.25) is 4.79 Å². The highest BCUT2D eigenvalue weighted by molar-refractivity contribution is 7.91. The van der Waals surface area contributed by atoms with Gasteiger partial charge in [0.05, 0.1) is 10.6 Å². The maximum absolute atomic E-state index is 12.2. The molecule has 128 valence electrons. The summed E-state index contributed by atoms with van der Waals surface area (Å²) in [6.45, 7) is -0.0103. The van der Waals surface area contributed by atoms with Gasteiger partial charge in [0.25, 0.3) is 5.91 Å². The van der Waals surface area contributed by atoms with Crippen molar-refractivity contribution in [2.75, 3.05) is 12.3 Å². The number of sulfone groups is 1. The molecule has 2 aromatic carbocycles. The fourth-order valence-corrected chi connectivity index (χ4v) is 3.43. The zero-order valence-electron chi connectivity index (χ0n) is 13.3. The van der Waals surface area contributed by atoms with Gasteiger partial charge in [-0.1, -0.05) is 53.7 Å². The fourth-order valence-electron chi connectivity index (χ4n) is 2.26. The normalized spacial score (nSPS) is 11.2. The van der Waals surface area contributed by atoms with Crippen LogP contribution in [-0.2, 0) is 9.84 Å². The van der Waals surface area contributed by atoms with Crippen LogP contribution in [0, 0.1) is 0 Å². The third-order valence-electron chi connectivity index (χ3n) is 3.56. The van der Waals surface area contributed by atoms with Gasteiger partial charge in [-0.15, -0.1) is 0 Å². The van der Waals surface area contributed by atoms with Gasteiger partial charge in [0.2, 0.25) is 0 Å². The molecular weight excluding hydrogens is 340 g/mol. The van der Waals surface area contributed by atoms with Crippen LogP contribution in [0.2, 0.25) is 0 Å². The molecule has 0 aliphatic rings. The SMILES string of the molecule is O=C(NCCS(=O)(=O)c1ccccc1)c1cc(-c2ccccc2)on1. The quantitative estimate of drug-likeness (QED) is 0.733. The molecule has 0 saturated heterocycles. The lowest BCUT2D eigenvalue weighted by Gasteiger charge is -2.05. The van der Waals surface area contributed by atoms with E-state index in [2.05, 4.69) is 10.5 Å². The van der Waals surface area contributed by atoms with Crippen molar-refractivity contribution >= 4 is 15.7 Å². The number of aromatic nitrogens is 1. The summed E-state index contributed by atoms with van der Waals surface area (Å²) in [5.74, 6) is -0.191. The molecule has 1 heterocycles. The molecule has 0 saturated carbocycles. The third kappa shape index (κ3) is 4.13. The van der Waals surface area contributed by atoms with Crippen LogP contribution in [0.15, 0.2) is 76.1 Å². The van der Waals surface area contributed by atoms with Crippen LogP contribution in [0.1, 0.15) is 10.5 Å². The van der Waals surface area contributed by atoms with E-state index in [1.165, 1.54) is 18.2 Å². The maximum atomic E-state index is 12.2. The van der Waals surface area contributed by atoms with Gasteiger partial charge in [0.1, 0.15) is 0 Å². The number of nitrogens with zero attached hydrogens (tertiary/aromatic N) is 1. The van der Waals surface area contributed by atoms with Gasteiger partial charge in [0, 0.05) is 18.2 Å². The highest BCUT2D eigenvalue weighted by atomic mass is 32.2. The molecular formula is C18H16N2O4S. The lowest BCUT2D eigenvalue weighted by molar-refractivity contribution is 0.0947. The van der Waals surface area contributed by atoms with Crippen molar-refractivity contribution in [1.29, 1.82) is 0 Å². The zero-order valence-corrected chi connectivity index (χ0v) is 14.1. The van der Waals surface area contributed by atoms with Crippen molar-refractivity contribution in [3.05, 3.63) is 72.4 Å². The summed E-state index contributed by atoms with van der Waals surface area (Å²) in [5.41, 5.74) is 0.914. The van der Waals surface area contributed by atoms with E-state index >= 15 is 0 Å². The first-order valence-corrected chi connectivity index (χ1v) is 9.30. The number of hydrogen-bond donors (Lipinski definition) is 1. The largest absolute Gasteiger partial charge is 0.355 e. The Morgan fingerprint density at radius 2 is 1.64 bits per heavy atom. The first-order chi connectivity index (χ1) is 12.1. The van der Waals surface area contributed by atoms with Gasteiger partial charge in [-0.25, -0.2) is 8.42 Å². The van der Waals surface area contributed by atoms with Crippen LogP contribution < -0.4 is 5.32 Å². The molecule has 1 aromatic heterocycles. The average Bonchev–Trinajstić information content (AvgIpc) is 3.13. The maximum Gasteiger partial charge on any atom is 0.273 e. The lowest BCUT2D eigenvalue weighted by atomic mass is 10.1. The highest BCUT2D eigenvalue weighted by Crippen LogP contribution is 2.19. The second kappa shape index (κ2) is 7.31. The van der Waals surface area contributed by atoms with E-state index < -0.39 is 15.7 Å². The van der Waals surface area contributed by atoms with Crippen molar-refractivity contribution in [3.63, 3.8) is 0 Å². The lowest BCUT2D eigenvalue weighted by Crippen LogP contribution is -2.29. The van der Waals surface area contributed by atoms with E-state index in [1.54, 1.807) is 18.2 Å². The molecule has 0 atom stereocenters. The van der Waals surface area contributed by atoms with Crippen molar-refractivity contribution in [1.82, 2.24) is 10.5 Å². The summed E-state index contributed by atoms with van der Waals surface area (Å²) in [6.07, 6.45) is 0. The number of carbonyl (C=O) groups excluding carboxylic acids is 1.